The van der Waals surface area contributed by atoms with Gasteiger partial charge in [0.05, 0.1) is 6.10 Å². The van der Waals surface area contributed by atoms with Gasteiger partial charge in [0, 0.05) is 41.5 Å². The van der Waals surface area contributed by atoms with Gasteiger partial charge >= 0.3 is 0 Å². The molecule has 0 aliphatic carbocycles. The molecule has 144 valence electrons. The van der Waals surface area contributed by atoms with Gasteiger partial charge in [0.25, 0.3) is 5.91 Å². The van der Waals surface area contributed by atoms with Crippen molar-refractivity contribution in [3.63, 3.8) is 0 Å². The molecule has 5 nitrogen and oxygen atoms in total. The van der Waals surface area contributed by atoms with Gasteiger partial charge in [-0.1, -0.05) is 42.5 Å². The first-order valence-corrected chi connectivity index (χ1v) is 9.79. The van der Waals surface area contributed by atoms with Gasteiger partial charge in [-0.3, -0.25) is 4.79 Å². The zero-order valence-corrected chi connectivity index (χ0v) is 15.9. The van der Waals surface area contributed by atoms with E-state index < -0.39 is 6.10 Å². The predicted molar refractivity (Wildman–Crippen MR) is 113 cm³/mol. The summed E-state index contributed by atoms with van der Waals surface area (Å²) in [5.74, 6) is -0.0366. The van der Waals surface area contributed by atoms with Gasteiger partial charge in [-0.25, -0.2) is 4.98 Å². The first kappa shape index (κ1) is 17.6. The molecule has 0 saturated carbocycles. The van der Waals surface area contributed by atoms with E-state index in [1.807, 2.05) is 48.7 Å². The minimum atomic E-state index is -0.416. The molecule has 0 spiro atoms. The number of carbonyl (C=O) groups is 1. The molecular weight excluding hydrogens is 362 g/mol. The summed E-state index contributed by atoms with van der Waals surface area (Å²) in [6, 6.07) is 22.0. The van der Waals surface area contributed by atoms with E-state index in [-0.39, 0.29) is 5.91 Å². The molecule has 0 unspecified atom stereocenters. The topological polar surface area (TPSA) is 69.2 Å². The maximum absolute atomic E-state index is 12.7. The van der Waals surface area contributed by atoms with Crippen molar-refractivity contribution in [1.82, 2.24) is 14.9 Å². The molecule has 5 heteroatoms. The number of benzene rings is 2. The van der Waals surface area contributed by atoms with E-state index in [2.05, 4.69) is 34.2 Å². The van der Waals surface area contributed by atoms with Gasteiger partial charge < -0.3 is 15.0 Å². The lowest BCUT2D eigenvalue weighted by atomic mass is 10.0. The first-order chi connectivity index (χ1) is 14.2. The Labute approximate surface area is 168 Å². The Morgan fingerprint density at radius 1 is 1.00 bits per heavy atom. The smallest absolute Gasteiger partial charge is 0.253 e. The van der Waals surface area contributed by atoms with E-state index >= 15 is 0 Å². The molecular formula is C24H21N3O2. The zero-order valence-electron chi connectivity index (χ0n) is 15.9. The van der Waals surface area contributed by atoms with Gasteiger partial charge in [-0.2, -0.15) is 0 Å². The molecule has 1 fully saturated rings. The molecule has 4 aromatic rings. The summed E-state index contributed by atoms with van der Waals surface area (Å²) in [6.45, 7) is 1.01. The third kappa shape index (κ3) is 3.41. The van der Waals surface area contributed by atoms with Crippen LogP contribution in [-0.4, -0.2) is 45.1 Å². The molecule has 1 saturated heterocycles. The minimum Gasteiger partial charge on any atom is -0.391 e. The second-order valence-corrected chi connectivity index (χ2v) is 7.49. The van der Waals surface area contributed by atoms with E-state index in [1.165, 1.54) is 0 Å². The van der Waals surface area contributed by atoms with Gasteiger partial charge in [-0.05, 0) is 41.8 Å². The predicted octanol–water partition coefficient (Wildman–Crippen LogP) is 4.10. The number of nitrogens with zero attached hydrogens (tertiary/aromatic N) is 2. The number of β-amino-alcohol motifs (C(OH)–C–C–N with tert-alkyl or cyclic N) is 1. The van der Waals surface area contributed by atoms with E-state index in [1.54, 1.807) is 4.90 Å². The second-order valence-electron chi connectivity index (χ2n) is 7.49. The Bertz CT molecular complexity index is 1180. The molecule has 2 aromatic carbocycles. The number of aliphatic hydroxyl groups excluding tert-OH is 1. The molecule has 1 atom stereocenters. The molecule has 2 N–H and O–H groups in total. The van der Waals surface area contributed by atoms with Crippen molar-refractivity contribution in [2.75, 3.05) is 13.1 Å². The van der Waals surface area contributed by atoms with Crippen LogP contribution in [0, 0.1) is 0 Å². The molecule has 0 radical (unpaired) electrons. The number of likely N-dealkylation sites (tertiary alicyclic amines) is 1. The number of fused-ring (bicyclic) bond motifs is 1. The van der Waals surface area contributed by atoms with Crippen LogP contribution in [0.4, 0.5) is 0 Å². The Morgan fingerprint density at radius 3 is 2.62 bits per heavy atom. The molecule has 2 aromatic heterocycles. The quantitative estimate of drug-likeness (QED) is 0.560. The molecule has 5 rings (SSSR count). The fourth-order valence-electron chi connectivity index (χ4n) is 3.89. The van der Waals surface area contributed by atoms with Crippen molar-refractivity contribution >= 4 is 16.9 Å². The number of hydrogen-bond acceptors (Lipinski definition) is 3. The van der Waals surface area contributed by atoms with Crippen LogP contribution in [0.3, 0.4) is 0 Å². The van der Waals surface area contributed by atoms with Crippen molar-refractivity contribution < 1.29 is 9.90 Å². The van der Waals surface area contributed by atoms with Crippen LogP contribution in [0.25, 0.3) is 33.4 Å². The van der Waals surface area contributed by atoms with E-state index in [0.717, 1.165) is 33.4 Å². The molecule has 29 heavy (non-hydrogen) atoms. The number of nitrogens with one attached hydrogen (secondary N) is 1. The van der Waals surface area contributed by atoms with Crippen molar-refractivity contribution in [1.29, 1.82) is 0 Å². The number of hydrogen-bond donors (Lipinski definition) is 2. The number of aliphatic hydroxyl groups is 1. The van der Waals surface area contributed by atoms with Crippen molar-refractivity contribution in [3.05, 3.63) is 78.5 Å². The average Bonchev–Trinajstić information content (AvgIpc) is 3.39. The normalized spacial score (nSPS) is 16.4. The number of H-pyrrole nitrogens is 1. The monoisotopic (exact) mass is 383 g/mol. The van der Waals surface area contributed by atoms with Crippen LogP contribution in [0.5, 0.6) is 0 Å². The summed E-state index contributed by atoms with van der Waals surface area (Å²) >= 11 is 0. The Kier molecular flexibility index (Phi) is 4.37. The van der Waals surface area contributed by atoms with Gasteiger partial charge in [0.1, 0.15) is 5.65 Å². The van der Waals surface area contributed by atoms with Crippen molar-refractivity contribution in [3.8, 4) is 22.4 Å². The fourth-order valence-corrected chi connectivity index (χ4v) is 3.89. The molecule has 0 bridgehead atoms. The van der Waals surface area contributed by atoms with Crippen LogP contribution in [0.15, 0.2) is 72.9 Å². The highest BCUT2D eigenvalue weighted by molar-refractivity contribution is 5.96. The highest BCUT2D eigenvalue weighted by atomic mass is 16.3. The lowest BCUT2D eigenvalue weighted by Gasteiger charge is -2.16. The number of pyridine rings is 1. The second kappa shape index (κ2) is 7.18. The third-order valence-electron chi connectivity index (χ3n) is 5.45. The molecule has 1 amide bonds. The number of aromatic amines is 1. The third-order valence-corrected chi connectivity index (χ3v) is 5.45. The van der Waals surface area contributed by atoms with Gasteiger partial charge in [0.15, 0.2) is 0 Å². The van der Waals surface area contributed by atoms with Crippen molar-refractivity contribution in [2.24, 2.45) is 0 Å². The SMILES string of the molecule is O=C(c1cccc(-c2cnc3[nH]c(-c4ccccc4)cc3c2)c1)N1CC[C@H](O)C1. The summed E-state index contributed by atoms with van der Waals surface area (Å²) in [4.78, 5) is 22.4. The average molecular weight is 383 g/mol. The Morgan fingerprint density at radius 2 is 1.83 bits per heavy atom. The lowest BCUT2D eigenvalue weighted by Crippen LogP contribution is -2.29. The fraction of sp³-hybridized carbons (Fsp3) is 0.167. The van der Waals surface area contributed by atoms with E-state index in [4.69, 9.17) is 0 Å². The summed E-state index contributed by atoms with van der Waals surface area (Å²) in [5.41, 5.74) is 5.54. The van der Waals surface area contributed by atoms with Crippen LogP contribution < -0.4 is 0 Å². The molecule has 3 heterocycles. The number of amides is 1. The Hall–Kier alpha value is -3.44. The number of rotatable bonds is 3. The van der Waals surface area contributed by atoms with Crippen LogP contribution in [-0.2, 0) is 0 Å². The van der Waals surface area contributed by atoms with Crippen molar-refractivity contribution in [2.45, 2.75) is 12.5 Å². The zero-order chi connectivity index (χ0) is 19.8. The summed E-state index contributed by atoms with van der Waals surface area (Å²) in [7, 11) is 0. The summed E-state index contributed by atoms with van der Waals surface area (Å²) < 4.78 is 0. The van der Waals surface area contributed by atoms with Crippen LogP contribution >= 0.6 is 0 Å². The standard InChI is InChI=1S/C24H21N3O2/c28-21-9-10-27(15-21)24(29)18-8-4-7-17(11-18)20-12-19-13-22(26-23(19)25-14-20)16-5-2-1-3-6-16/h1-8,11-14,21,28H,9-10,15H2,(H,25,26)/t21-/m0/s1. The van der Waals surface area contributed by atoms with Gasteiger partial charge in [-0.15, -0.1) is 0 Å². The first-order valence-electron chi connectivity index (χ1n) is 9.79. The lowest BCUT2D eigenvalue weighted by molar-refractivity contribution is 0.0765. The van der Waals surface area contributed by atoms with Crippen LogP contribution in [0.1, 0.15) is 16.8 Å². The van der Waals surface area contributed by atoms with Gasteiger partial charge in [0.2, 0.25) is 0 Å². The van der Waals surface area contributed by atoms with E-state index in [0.29, 0.717) is 25.1 Å². The minimum absolute atomic E-state index is 0.0366. The van der Waals surface area contributed by atoms with E-state index in [9.17, 15) is 9.90 Å². The largest absolute Gasteiger partial charge is 0.391 e. The maximum atomic E-state index is 12.7. The highest BCUT2D eigenvalue weighted by Gasteiger charge is 2.25. The number of carbonyl (C=O) groups excluding carboxylic acids is 1. The Balaban J connectivity index is 1.47. The highest BCUT2D eigenvalue weighted by Crippen LogP contribution is 2.28. The number of aromatic nitrogens is 2. The molecule has 1 aliphatic heterocycles. The van der Waals surface area contributed by atoms with Crippen LogP contribution in [0.2, 0.25) is 0 Å². The maximum Gasteiger partial charge on any atom is 0.253 e. The molecule has 1 aliphatic rings. The summed E-state index contributed by atoms with van der Waals surface area (Å²) in [5, 5.41) is 10.7. The summed E-state index contributed by atoms with van der Waals surface area (Å²) in [6.07, 6.45) is 2.06.